The Labute approximate surface area is 212 Å². The fraction of sp³-hybridized carbons (Fsp3) is 0.607. The molecule has 8 nitrogen and oxygen atoms in total. The van der Waals surface area contributed by atoms with Crippen LogP contribution in [-0.2, 0) is 19.1 Å². The quantitative estimate of drug-likeness (QED) is 0.539. The molecule has 6 atom stereocenters. The zero-order valence-corrected chi connectivity index (χ0v) is 21.4. The lowest BCUT2D eigenvalue weighted by atomic mass is 9.74. The number of carbonyl (C=O) groups is 3. The number of amides is 3. The van der Waals surface area contributed by atoms with Crippen molar-refractivity contribution >= 4 is 23.4 Å². The number of rotatable bonds is 8. The Kier molecular flexibility index (Phi) is 6.81. The average molecular weight is 496 g/mol. The number of ether oxygens (including phenoxy) is 2. The highest BCUT2D eigenvalue weighted by molar-refractivity contribution is 6.03. The second kappa shape index (κ2) is 9.88. The molecule has 194 valence electrons. The first kappa shape index (κ1) is 24.8. The molecule has 0 radical (unpaired) electrons. The standard InChI is InChI=1S/C28H37N3O5/c1-4-17(3)31-24(26(33)30-18-9-7-6-8-10-18)28-16-15-21(36-28)22(23(28)27(31)34)25(32)29-19-11-13-20(14-12-19)35-5-2/h11-18,21-24H,4-10H2,1-3H3,(H,29,32)(H,30,33)/t17?,21-,22?,23-,24?,28?/m0/s1. The van der Waals surface area contributed by atoms with Crippen LogP contribution in [0.5, 0.6) is 5.75 Å². The summed E-state index contributed by atoms with van der Waals surface area (Å²) in [5.74, 6) is -1.32. The van der Waals surface area contributed by atoms with E-state index in [1.807, 2.05) is 32.9 Å². The first-order valence-corrected chi connectivity index (χ1v) is 13.4. The zero-order chi connectivity index (χ0) is 25.4. The Morgan fingerprint density at radius 2 is 1.86 bits per heavy atom. The van der Waals surface area contributed by atoms with Gasteiger partial charge in [-0.05, 0) is 57.4 Å². The van der Waals surface area contributed by atoms with Crippen molar-refractivity contribution in [2.24, 2.45) is 11.8 Å². The van der Waals surface area contributed by atoms with Gasteiger partial charge in [-0.3, -0.25) is 14.4 Å². The molecule has 4 unspecified atom stereocenters. The van der Waals surface area contributed by atoms with Gasteiger partial charge in [0.2, 0.25) is 17.7 Å². The lowest BCUT2D eigenvalue weighted by Crippen LogP contribution is -2.58. The van der Waals surface area contributed by atoms with Gasteiger partial charge in [0.15, 0.2) is 0 Å². The molecule has 4 aliphatic rings. The Bertz CT molecular complexity index is 1030. The largest absolute Gasteiger partial charge is 0.494 e. The number of fused-ring (bicyclic) bond motifs is 1. The molecular formula is C28H37N3O5. The van der Waals surface area contributed by atoms with Gasteiger partial charge >= 0.3 is 0 Å². The molecule has 1 aromatic carbocycles. The van der Waals surface area contributed by atoms with E-state index >= 15 is 0 Å². The van der Waals surface area contributed by atoms with E-state index in [0.717, 1.165) is 31.4 Å². The molecule has 8 heteroatoms. The summed E-state index contributed by atoms with van der Waals surface area (Å²) in [4.78, 5) is 42.8. The molecule has 2 N–H and O–H groups in total. The lowest BCUT2D eigenvalue weighted by molar-refractivity contribution is -0.143. The molecule has 36 heavy (non-hydrogen) atoms. The fourth-order valence-electron chi connectivity index (χ4n) is 6.43. The summed E-state index contributed by atoms with van der Waals surface area (Å²) in [6, 6.07) is 6.36. The minimum Gasteiger partial charge on any atom is -0.494 e. The van der Waals surface area contributed by atoms with Crippen molar-refractivity contribution in [3.8, 4) is 5.75 Å². The second-order valence-electron chi connectivity index (χ2n) is 10.5. The SMILES string of the molecule is CCOc1ccc(NC(=O)C2[C@@H]3C=CC4(O3)C(C(=O)NC3CCCCC3)N(C(C)CC)C(=O)[C@H]24)cc1. The van der Waals surface area contributed by atoms with Crippen LogP contribution in [0.3, 0.4) is 0 Å². The van der Waals surface area contributed by atoms with E-state index in [0.29, 0.717) is 18.7 Å². The maximum atomic E-state index is 13.9. The molecule has 3 amide bonds. The molecule has 1 spiro atoms. The molecule has 5 rings (SSSR count). The normalized spacial score (nSPS) is 31.9. The monoisotopic (exact) mass is 495 g/mol. The first-order valence-electron chi connectivity index (χ1n) is 13.4. The van der Waals surface area contributed by atoms with Gasteiger partial charge in [-0.25, -0.2) is 0 Å². The van der Waals surface area contributed by atoms with Crippen molar-refractivity contribution in [2.75, 3.05) is 11.9 Å². The molecule has 2 saturated heterocycles. The van der Waals surface area contributed by atoms with Crippen molar-refractivity contribution in [1.29, 1.82) is 0 Å². The van der Waals surface area contributed by atoms with Crippen LogP contribution in [0, 0.1) is 11.8 Å². The first-order chi connectivity index (χ1) is 17.4. The lowest BCUT2D eigenvalue weighted by Gasteiger charge is -2.36. The van der Waals surface area contributed by atoms with Crippen LogP contribution in [0.1, 0.15) is 59.3 Å². The summed E-state index contributed by atoms with van der Waals surface area (Å²) in [6.07, 6.45) is 9.20. The average Bonchev–Trinajstić information content (AvgIpc) is 3.53. The van der Waals surface area contributed by atoms with Crippen molar-refractivity contribution in [3.63, 3.8) is 0 Å². The third-order valence-corrected chi connectivity index (χ3v) is 8.31. The number of hydrogen-bond donors (Lipinski definition) is 2. The smallest absolute Gasteiger partial charge is 0.246 e. The molecule has 0 aromatic heterocycles. The second-order valence-corrected chi connectivity index (χ2v) is 10.5. The van der Waals surface area contributed by atoms with Crippen LogP contribution >= 0.6 is 0 Å². The number of anilines is 1. The van der Waals surface area contributed by atoms with E-state index in [1.165, 1.54) is 6.42 Å². The predicted molar refractivity (Wildman–Crippen MR) is 135 cm³/mol. The van der Waals surface area contributed by atoms with Gasteiger partial charge in [0.1, 0.15) is 17.4 Å². The zero-order valence-electron chi connectivity index (χ0n) is 21.4. The van der Waals surface area contributed by atoms with E-state index in [2.05, 4.69) is 10.6 Å². The van der Waals surface area contributed by atoms with Crippen molar-refractivity contribution in [2.45, 2.75) is 89.1 Å². The molecule has 1 saturated carbocycles. The van der Waals surface area contributed by atoms with Crippen LogP contribution in [-0.4, -0.2) is 59.1 Å². The molecular weight excluding hydrogens is 458 g/mol. The van der Waals surface area contributed by atoms with Gasteiger partial charge < -0.3 is 25.0 Å². The molecule has 3 aliphatic heterocycles. The van der Waals surface area contributed by atoms with E-state index in [4.69, 9.17) is 9.47 Å². The van der Waals surface area contributed by atoms with Gasteiger partial charge in [0, 0.05) is 17.8 Å². The maximum Gasteiger partial charge on any atom is 0.246 e. The number of hydrogen-bond acceptors (Lipinski definition) is 5. The summed E-state index contributed by atoms with van der Waals surface area (Å²) >= 11 is 0. The summed E-state index contributed by atoms with van der Waals surface area (Å²) < 4.78 is 11.9. The van der Waals surface area contributed by atoms with Crippen molar-refractivity contribution < 1.29 is 23.9 Å². The molecule has 3 heterocycles. The Morgan fingerprint density at radius 3 is 2.53 bits per heavy atom. The summed E-state index contributed by atoms with van der Waals surface area (Å²) in [6.45, 7) is 6.44. The maximum absolute atomic E-state index is 13.9. The topological polar surface area (TPSA) is 97.0 Å². The third-order valence-electron chi connectivity index (χ3n) is 8.31. The summed E-state index contributed by atoms with van der Waals surface area (Å²) in [7, 11) is 0. The van der Waals surface area contributed by atoms with Gasteiger partial charge in [0.25, 0.3) is 0 Å². The van der Waals surface area contributed by atoms with Crippen molar-refractivity contribution in [3.05, 3.63) is 36.4 Å². The Morgan fingerprint density at radius 1 is 1.14 bits per heavy atom. The molecule has 1 aromatic rings. The molecule has 2 bridgehead atoms. The predicted octanol–water partition coefficient (Wildman–Crippen LogP) is 3.42. The highest BCUT2D eigenvalue weighted by Gasteiger charge is 2.73. The van der Waals surface area contributed by atoms with Gasteiger partial charge in [0.05, 0.1) is 24.5 Å². The van der Waals surface area contributed by atoms with E-state index in [9.17, 15) is 14.4 Å². The van der Waals surface area contributed by atoms with E-state index in [-0.39, 0.29) is 29.8 Å². The fourth-order valence-corrected chi connectivity index (χ4v) is 6.43. The van der Waals surface area contributed by atoms with E-state index < -0.39 is 29.6 Å². The van der Waals surface area contributed by atoms with Crippen LogP contribution in [0.25, 0.3) is 0 Å². The third kappa shape index (κ3) is 4.09. The van der Waals surface area contributed by atoms with Crippen molar-refractivity contribution in [1.82, 2.24) is 10.2 Å². The molecule has 3 fully saturated rings. The minimum absolute atomic E-state index is 0.122. The number of nitrogens with one attached hydrogen (secondary N) is 2. The minimum atomic E-state index is -1.12. The summed E-state index contributed by atoms with van der Waals surface area (Å²) in [5, 5.41) is 6.18. The van der Waals surface area contributed by atoms with Gasteiger partial charge in [-0.1, -0.05) is 38.3 Å². The van der Waals surface area contributed by atoms with Crippen LogP contribution in [0.4, 0.5) is 5.69 Å². The number of carbonyl (C=O) groups excluding carboxylic acids is 3. The number of likely N-dealkylation sites (tertiary alicyclic amines) is 1. The van der Waals surface area contributed by atoms with Gasteiger partial charge in [-0.15, -0.1) is 0 Å². The Balaban J connectivity index is 1.40. The van der Waals surface area contributed by atoms with E-state index in [1.54, 1.807) is 29.2 Å². The highest BCUT2D eigenvalue weighted by Crippen LogP contribution is 2.55. The summed E-state index contributed by atoms with van der Waals surface area (Å²) in [5.41, 5.74) is -0.495. The van der Waals surface area contributed by atoms with Crippen LogP contribution in [0.15, 0.2) is 36.4 Å². The van der Waals surface area contributed by atoms with Gasteiger partial charge in [-0.2, -0.15) is 0 Å². The molecule has 1 aliphatic carbocycles. The number of benzene rings is 1. The highest BCUT2D eigenvalue weighted by atomic mass is 16.5. The number of nitrogens with zero attached hydrogens (tertiary/aromatic N) is 1. The van der Waals surface area contributed by atoms with Crippen LogP contribution < -0.4 is 15.4 Å². The Hall–Kier alpha value is -2.87. The van der Waals surface area contributed by atoms with Crippen LogP contribution in [0.2, 0.25) is 0 Å².